The number of likely N-dealkylation sites (tertiary alicyclic amines) is 1. The minimum absolute atomic E-state index is 0.112. The highest BCUT2D eigenvalue weighted by Gasteiger charge is 2.26. The number of aromatic nitrogens is 1. The van der Waals surface area contributed by atoms with E-state index < -0.39 is 16.7 Å². The average molecular weight is 388 g/mol. The molecular formula is C18H20N4O6. The molecule has 1 N–H and O–H groups in total. The number of nitrogens with zero attached hydrogens (tertiary/aromatic N) is 3. The number of nitro groups is 1. The first-order valence-corrected chi connectivity index (χ1v) is 8.84. The number of carbonyl (C=O) groups excluding carboxylic acids is 2. The summed E-state index contributed by atoms with van der Waals surface area (Å²) < 4.78 is 6.24. The lowest BCUT2D eigenvalue weighted by Gasteiger charge is -2.32. The zero-order chi connectivity index (χ0) is 20.3. The van der Waals surface area contributed by atoms with E-state index in [1.165, 1.54) is 16.7 Å². The van der Waals surface area contributed by atoms with Gasteiger partial charge in [0.05, 0.1) is 6.07 Å². The van der Waals surface area contributed by atoms with Gasteiger partial charge in [-0.2, -0.15) is 0 Å². The lowest BCUT2D eigenvalue weighted by molar-refractivity contribution is -0.402. The number of aryl methyl sites for hydroxylation is 1. The molecule has 0 bridgehead atoms. The van der Waals surface area contributed by atoms with Crippen LogP contribution in [0.4, 0.5) is 5.88 Å². The van der Waals surface area contributed by atoms with E-state index in [-0.39, 0.29) is 28.7 Å². The topological polar surface area (TPSA) is 128 Å². The van der Waals surface area contributed by atoms with Gasteiger partial charge in [0.15, 0.2) is 5.76 Å². The molecule has 10 heteroatoms. The van der Waals surface area contributed by atoms with E-state index in [9.17, 15) is 24.5 Å². The highest BCUT2D eigenvalue weighted by molar-refractivity contribution is 5.94. The Morgan fingerprint density at radius 3 is 2.64 bits per heavy atom. The summed E-state index contributed by atoms with van der Waals surface area (Å²) in [5, 5.41) is 13.3. The van der Waals surface area contributed by atoms with Gasteiger partial charge in [0.25, 0.3) is 17.4 Å². The number of nitrogens with one attached hydrogen (secondary N) is 1. The van der Waals surface area contributed by atoms with Gasteiger partial charge < -0.3 is 19.2 Å². The number of rotatable bonds is 5. The van der Waals surface area contributed by atoms with Crippen molar-refractivity contribution in [2.45, 2.75) is 12.8 Å². The van der Waals surface area contributed by atoms with Crippen LogP contribution in [0.5, 0.6) is 0 Å². The SMILES string of the molecule is Cn1cccc(C(=O)N2CCC(CNC(=O)c3ccc([N+](=O)[O-])o3)CC2)c1=O. The third kappa shape index (κ3) is 4.11. The molecule has 0 aliphatic carbocycles. The predicted molar refractivity (Wildman–Crippen MR) is 98.0 cm³/mol. The fraction of sp³-hybridized carbons (Fsp3) is 0.389. The number of hydrogen-bond donors (Lipinski definition) is 1. The van der Waals surface area contributed by atoms with Gasteiger partial charge in [-0.3, -0.25) is 24.5 Å². The first-order chi connectivity index (χ1) is 13.4. The van der Waals surface area contributed by atoms with E-state index in [0.717, 1.165) is 6.07 Å². The molecular weight excluding hydrogens is 368 g/mol. The summed E-state index contributed by atoms with van der Waals surface area (Å²) in [7, 11) is 1.60. The van der Waals surface area contributed by atoms with Crippen LogP contribution in [-0.2, 0) is 7.05 Å². The van der Waals surface area contributed by atoms with Crippen molar-refractivity contribution in [3.63, 3.8) is 0 Å². The van der Waals surface area contributed by atoms with Gasteiger partial charge in [0.2, 0.25) is 0 Å². The fourth-order valence-electron chi connectivity index (χ4n) is 3.14. The van der Waals surface area contributed by atoms with Crippen LogP contribution in [0.2, 0.25) is 0 Å². The van der Waals surface area contributed by atoms with Crippen molar-refractivity contribution < 1.29 is 18.9 Å². The minimum Gasteiger partial charge on any atom is -0.395 e. The molecule has 1 fully saturated rings. The Hall–Kier alpha value is -3.43. The summed E-state index contributed by atoms with van der Waals surface area (Å²) in [4.78, 5) is 48.2. The van der Waals surface area contributed by atoms with Crippen molar-refractivity contribution in [2.24, 2.45) is 13.0 Å². The third-order valence-corrected chi connectivity index (χ3v) is 4.80. The van der Waals surface area contributed by atoms with Gasteiger partial charge >= 0.3 is 5.88 Å². The molecule has 3 heterocycles. The number of hydrogen-bond acceptors (Lipinski definition) is 6. The van der Waals surface area contributed by atoms with Crippen LogP contribution >= 0.6 is 0 Å². The van der Waals surface area contributed by atoms with Crippen molar-refractivity contribution in [2.75, 3.05) is 19.6 Å². The summed E-state index contributed by atoms with van der Waals surface area (Å²) in [6.07, 6.45) is 2.95. The van der Waals surface area contributed by atoms with Gasteiger partial charge in [-0.05, 0) is 37.0 Å². The van der Waals surface area contributed by atoms with Crippen LogP contribution in [0, 0.1) is 16.0 Å². The highest BCUT2D eigenvalue weighted by atomic mass is 16.6. The molecule has 0 aromatic carbocycles. The minimum atomic E-state index is -0.705. The molecule has 0 saturated carbocycles. The molecule has 0 spiro atoms. The molecule has 0 unspecified atom stereocenters. The maximum absolute atomic E-state index is 12.6. The number of amides is 2. The number of piperidine rings is 1. The Balaban J connectivity index is 1.50. The van der Waals surface area contributed by atoms with Crippen LogP contribution in [0.3, 0.4) is 0 Å². The van der Waals surface area contributed by atoms with Crippen molar-refractivity contribution in [1.29, 1.82) is 0 Å². The molecule has 2 amide bonds. The van der Waals surface area contributed by atoms with Gasteiger partial charge in [-0.1, -0.05) is 0 Å². The highest BCUT2D eigenvalue weighted by Crippen LogP contribution is 2.19. The quantitative estimate of drug-likeness (QED) is 0.605. The van der Waals surface area contributed by atoms with E-state index in [1.807, 2.05) is 0 Å². The van der Waals surface area contributed by atoms with Crippen LogP contribution in [0.15, 0.2) is 39.7 Å². The molecule has 28 heavy (non-hydrogen) atoms. The van der Waals surface area contributed by atoms with Gasteiger partial charge in [-0.25, -0.2) is 0 Å². The number of pyridine rings is 1. The second kappa shape index (κ2) is 8.07. The van der Waals surface area contributed by atoms with E-state index >= 15 is 0 Å². The fourth-order valence-corrected chi connectivity index (χ4v) is 3.14. The molecule has 0 radical (unpaired) electrons. The van der Waals surface area contributed by atoms with E-state index in [0.29, 0.717) is 32.5 Å². The lowest BCUT2D eigenvalue weighted by Crippen LogP contribution is -2.43. The molecule has 1 saturated heterocycles. The van der Waals surface area contributed by atoms with Gasteiger partial charge in [0, 0.05) is 32.9 Å². The summed E-state index contributed by atoms with van der Waals surface area (Å²) in [6.45, 7) is 1.36. The average Bonchev–Trinajstić information content (AvgIpc) is 3.19. The van der Waals surface area contributed by atoms with Crippen LogP contribution < -0.4 is 10.9 Å². The van der Waals surface area contributed by atoms with Crippen LogP contribution in [0.1, 0.15) is 33.8 Å². The molecule has 2 aromatic heterocycles. The predicted octanol–water partition coefficient (Wildman–Crippen LogP) is 1.17. The Morgan fingerprint density at radius 1 is 1.29 bits per heavy atom. The van der Waals surface area contributed by atoms with Crippen LogP contribution in [-0.4, -0.2) is 45.8 Å². The van der Waals surface area contributed by atoms with E-state index in [4.69, 9.17) is 4.42 Å². The monoisotopic (exact) mass is 388 g/mol. The zero-order valence-electron chi connectivity index (χ0n) is 15.3. The van der Waals surface area contributed by atoms with Crippen molar-refractivity contribution in [3.05, 3.63) is 62.3 Å². The van der Waals surface area contributed by atoms with Crippen LogP contribution in [0.25, 0.3) is 0 Å². The second-order valence-corrected chi connectivity index (χ2v) is 6.68. The number of carbonyl (C=O) groups is 2. The first-order valence-electron chi connectivity index (χ1n) is 8.84. The summed E-state index contributed by atoms with van der Waals surface area (Å²) in [6, 6.07) is 5.58. The number of furan rings is 1. The maximum Gasteiger partial charge on any atom is 0.433 e. The van der Waals surface area contributed by atoms with Gasteiger partial charge in [-0.15, -0.1) is 0 Å². The first kappa shape index (κ1) is 19.3. The summed E-state index contributed by atoms with van der Waals surface area (Å²) >= 11 is 0. The summed E-state index contributed by atoms with van der Waals surface area (Å²) in [5.74, 6) is -1.23. The molecule has 0 atom stereocenters. The summed E-state index contributed by atoms with van der Waals surface area (Å²) in [5.41, 5.74) is -0.175. The second-order valence-electron chi connectivity index (χ2n) is 6.68. The molecule has 1 aliphatic heterocycles. The molecule has 2 aromatic rings. The Morgan fingerprint density at radius 2 is 2.00 bits per heavy atom. The normalized spacial score (nSPS) is 14.7. The third-order valence-electron chi connectivity index (χ3n) is 4.80. The Bertz CT molecular complexity index is 955. The Kier molecular flexibility index (Phi) is 5.57. The standard InChI is InChI=1S/C18H20N4O6/c1-20-8-2-3-13(17(20)24)18(25)21-9-6-12(7-10-21)11-19-16(23)14-4-5-15(28-14)22(26)27/h2-5,8,12H,6-7,9-11H2,1H3,(H,19,23). The van der Waals surface area contributed by atoms with Gasteiger partial charge in [0.1, 0.15) is 10.5 Å². The zero-order valence-corrected chi connectivity index (χ0v) is 15.3. The lowest BCUT2D eigenvalue weighted by atomic mass is 9.96. The van der Waals surface area contributed by atoms with Crippen molar-refractivity contribution >= 4 is 17.7 Å². The van der Waals surface area contributed by atoms with Crippen molar-refractivity contribution in [1.82, 2.24) is 14.8 Å². The molecule has 1 aliphatic rings. The van der Waals surface area contributed by atoms with Crippen molar-refractivity contribution in [3.8, 4) is 0 Å². The molecule has 148 valence electrons. The Labute approximate surface area is 159 Å². The van der Waals surface area contributed by atoms with E-state index in [2.05, 4.69) is 5.32 Å². The smallest absolute Gasteiger partial charge is 0.395 e. The largest absolute Gasteiger partial charge is 0.433 e. The molecule has 3 rings (SSSR count). The molecule has 10 nitrogen and oxygen atoms in total. The van der Waals surface area contributed by atoms with E-state index in [1.54, 1.807) is 24.2 Å². The maximum atomic E-state index is 12.6.